The lowest BCUT2D eigenvalue weighted by atomic mass is 10.0. The first kappa shape index (κ1) is 18.4. The maximum Gasteiger partial charge on any atom is 0.326 e. The summed E-state index contributed by atoms with van der Waals surface area (Å²) in [5.74, 6) is -1.57. The normalized spacial score (nSPS) is 17.0. The van der Waals surface area contributed by atoms with Crippen molar-refractivity contribution in [2.45, 2.75) is 31.7 Å². The van der Waals surface area contributed by atoms with Crippen LogP contribution >= 0.6 is 0 Å². The van der Waals surface area contributed by atoms with E-state index in [1.54, 1.807) is 6.20 Å². The van der Waals surface area contributed by atoms with Crippen LogP contribution in [-0.4, -0.2) is 48.4 Å². The second kappa shape index (κ2) is 6.75. The number of aliphatic carboxylic acids is 1. The third-order valence-electron chi connectivity index (χ3n) is 4.79. The van der Waals surface area contributed by atoms with Crippen LogP contribution in [0.15, 0.2) is 30.5 Å². The van der Waals surface area contributed by atoms with Crippen molar-refractivity contribution < 1.29 is 23.1 Å². The Kier molecular flexibility index (Phi) is 4.79. The van der Waals surface area contributed by atoms with Gasteiger partial charge in [0.1, 0.15) is 15.9 Å². The number of amides is 1. The molecule has 1 saturated carbocycles. The molecule has 0 spiro atoms. The molecule has 0 radical (unpaired) electrons. The number of para-hydroxylation sites is 1. The van der Waals surface area contributed by atoms with Gasteiger partial charge in [-0.2, -0.15) is 0 Å². The molecule has 0 bridgehead atoms. The molecule has 3 rings (SSSR count). The van der Waals surface area contributed by atoms with E-state index in [9.17, 15) is 23.1 Å². The standard InChI is InChI=1S/C18H22N2O5S/c1-26(24,25)11-18(6-7-18)9-16(21)20-15(17(22)23)8-12-10-19-14-5-3-2-4-13(12)14/h2-5,10,15,19H,6-9,11H2,1H3,(H,20,21)(H,22,23). The van der Waals surface area contributed by atoms with Crippen LogP contribution in [0.5, 0.6) is 0 Å². The maximum atomic E-state index is 12.3. The van der Waals surface area contributed by atoms with Gasteiger partial charge in [0.05, 0.1) is 5.75 Å². The van der Waals surface area contributed by atoms with Crippen LogP contribution in [-0.2, 0) is 25.8 Å². The molecule has 1 atom stereocenters. The average Bonchev–Trinajstić information content (AvgIpc) is 3.14. The van der Waals surface area contributed by atoms with Gasteiger partial charge in [-0.3, -0.25) is 4.79 Å². The first-order valence-electron chi connectivity index (χ1n) is 8.42. The Hall–Kier alpha value is -2.35. The number of rotatable bonds is 8. The molecule has 1 unspecified atom stereocenters. The van der Waals surface area contributed by atoms with Crippen molar-refractivity contribution in [3.05, 3.63) is 36.0 Å². The lowest BCUT2D eigenvalue weighted by molar-refractivity contribution is -0.141. The molecule has 0 aliphatic heterocycles. The van der Waals surface area contributed by atoms with E-state index in [0.29, 0.717) is 12.8 Å². The largest absolute Gasteiger partial charge is 0.480 e. The van der Waals surface area contributed by atoms with Gasteiger partial charge in [0, 0.05) is 36.2 Å². The van der Waals surface area contributed by atoms with Gasteiger partial charge in [0.25, 0.3) is 0 Å². The summed E-state index contributed by atoms with van der Waals surface area (Å²) in [5.41, 5.74) is 1.19. The fourth-order valence-corrected chi connectivity index (χ4v) is 4.91. The van der Waals surface area contributed by atoms with Gasteiger partial charge in [0.2, 0.25) is 5.91 Å². The number of hydrogen-bond donors (Lipinski definition) is 3. The number of nitrogens with one attached hydrogen (secondary N) is 2. The van der Waals surface area contributed by atoms with Crippen LogP contribution < -0.4 is 5.32 Å². The molecule has 140 valence electrons. The highest BCUT2D eigenvalue weighted by Gasteiger charge is 2.47. The number of carbonyl (C=O) groups is 2. The molecule has 1 aromatic carbocycles. The van der Waals surface area contributed by atoms with Crippen molar-refractivity contribution in [2.75, 3.05) is 12.0 Å². The number of aromatic amines is 1. The molecule has 1 aliphatic rings. The van der Waals surface area contributed by atoms with Crippen LogP contribution in [0.4, 0.5) is 0 Å². The minimum atomic E-state index is -3.18. The van der Waals surface area contributed by atoms with E-state index in [1.807, 2.05) is 24.3 Å². The molecular weight excluding hydrogens is 356 g/mol. The van der Waals surface area contributed by atoms with Gasteiger partial charge < -0.3 is 15.4 Å². The van der Waals surface area contributed by atoms with Gasteiger partial charge >= 0.3 is 5.97 Å². The van der Waals surface area contributed by atoms with E-state index in [-0.39, 0.29) is 18.6 Å². The SMILES string of the molecule is CS(=O)(=O)CC1(CC(=O)NC(Cc2c[nH]c3ccccc23)C(=O)O)CC1. The monoisotopic (exact) mass is 378 g/mol. The topological polar surface area (TPSA) is 116 Å². The Balaban J connectivity index is 1.67. The Labute approximate surface area is 151 Å². The Morgan fingerprint density at radius 1 is 1.31 bits per heavy atom. The predicted molar refractivity (Wildman–Crippen MR) is 97.6 cm³/mol. The summed E-state index contributed by atoms with van der Waals surface area (Å²) >= 11 is 0. The number of carboxylic acid groups (broad SMARTS) is 1. The molecule has 1 heterocycles. The number of benzene rings is 1. The number of hydrogen-bond acceptors (Lipinski definition) is 4. The van der Waals surface area contributed by atoms with Crippen molar-refractivity contribution in [2.24, 2.45) is 5.41 Å². The smallest absolute Gasteiger partial charge is 0.326 e. The van der Waals surface area contributed by atoms with Crippen molar-refractivity contribution >= 4 is 32.6 Å². The summed E-state index contributed by atoms with van der Waals surface area (Å²) in [5, 5.41) is 12.9. The second-order valence-electron chi connectivity index (χ2n) is 7.27. The zero-order valence-corrected chi connectivity index (χ0v) is 15.3. The maximum absolute atomic E-state index is 12.3. The van der Waals surface area contributed by atoms with Crippen molar-refractivity contribution in [1.29, 1.82) is 0 Å². The summed E-state index contributed by atoms with van der Waals surface area (Å²) in [6, 6.07) is 6.49. The van der Waals surface area contributed by atoms with Gasteiger partial charge in [-0.15, -0.1) is 0 Å². The minimum absolute atomic E-state index is 0.0341. The van der Waals surface area contributed by atoms with Crippen LogP contribution in [0.2, 0.25) is 0 Å². The van der Waals surface area contributed by atoms with Gasteiger partial charge in [-0.25, -0.2) is 13.2 Å². The van der Waals surface area contributed by atoms with Crippen molar-refractivity contribution in [1.82, 2.24) is 10.3 Å². The lowest BCUT2D eigenvalue weighted by Crippen LogP contribution is -2.43. The van der Waals surface area contributed by atoms with Gasteiger partial charge in [-0.1, -0.05) is 18.2 Å². The van der Waals surface area contributed by atoms with E-state index >= 15 is 0 Å². The molecule has 26 heavy (non-hydrogen) atoms. The molecule has 0 saturated heterocycles. The third kappa shape index (κ3) is 4.43. The third-order valence-corrected chi connectivity index (χ3v) is 5.93. The molecule has 1 aliphatic carbocycles. The van der Waals surface area contributed by atoms with Gasteiger partial charge in [-0.05, 0) is 29.9 Å². The minimum Gasteiger partial charge on any atom is -0.480 e. The fourth-order valence-electron chi connectivity index (χ4n) is 3.41. The number of carboxylic acids is 1. The first-order chi connectivity index (χ1) is 12.2. The summed E-state index contributed by atoms with van der Waals surface area (Å²) in [4.78, 5) is 27.0. The highest BCUT2D eigenvalue weighted by molar-refractivity contribution is 7.90. The van der Waals surface area contributed by atoms with Crippen LogP contribution in [0, 0.1) is 5.41 Å². The summed E-state index contributed by atoms with van der Waals surface area (Å²) in [6.07, 6.45) is 4.45. The lowest BCUT2D eigenvalue weighted by Gasteiger charge is -2.17. The first-order valence-corrected chi connectivity index (χ1v) is 10.5. The molecular formula is C18H22N2O5S. The van der Waals surface area contributed by atoms with E-state index in [1.165, 1.54) is 0 Å². The predicted octanol–water partition coefficient (Wildman–Crippen LogP) is 1.49. The number of carbonyl (C=O) groups excluding carboxylic acids is 1. The fraction of sp³-hybridized carbons (Fsp3) is 0.444. The summed E-state index contributed by atoms with van der Waals surface area (Å²) in [7, 11) is -3.18. The number of sulfone groups is 1. The Morgan fingerprint density at radius 3 is 2.62 bits per heavy atom. The molecule has 7 nitrogen and oxygen atoms in total. The van der Waals surface area contributed by atoms with Crippen molar-refractivity contribution in [3.8, 4) is 0 Å². The van der Waals surface area contributed by atoms with Gasteiger partial charge in [0.15, 0.2) is 0 Å². The second-order valence-corrected chi connectivity index (χ2v) is 9.41. The number of fused-ring (bicyclic) bond motifs is 1. The Morgan fingerprint density at radius 2 is 2.00 bits per heavy atom. The van der Waals surface area contributed by atoms with Crippen molar-refractivity contribution in [3.63, 3.8) is 0 Å². The highest BCUT2D eigenvalue weighted by atomic mass is 32.2. The van der Waals surface area contributed by atoms with Crippen LogP contribution in [0.25, 0.3) is 10.9 Å². The highest BCUT2D eigenvalue weighted by Crippen LogP contribution is 2.49. The van der Waals surface area contributed by atoms with E-state index in [0.717, 1.165) is 22.7 Å². The number of aromatic nitrogens is 1. The molecule has 8 heteroatoms. The van der Waals surface area contributed by atoms with E-state index < -0.39 is 33.2 Å². The molecule has 1 aromatic heterocycles. The molecule has 2 aromatic rings. The van der Waals surface area contributed by atoms with E-state index in [4.69, 9.17) is 0 Å². The summed E-state index contributed by atoms with van der Waals surface area (Å²) in [6.45, 7) is 0. The Bertz CT molecular complexity index is 943. The number of H-pyrrole nitrogens is 1. The molecule has 1 amide bonds. The van der Waals surface area contributed by atoms with E-state index in [2.05, 4.69) is 10.3 Å². The van der Waals surface area contributed by atoms with Crippen LogP contribution in [0.3, 0.4) is 0 Å². The molecule has 1 fully saturated rings. The zero-order valence-electron chi connectivity index (χ0n) is 14.5. The average molecular weight is 378 g/mol. The summed E-state index contributed by atoms with van der Waals surface area (Å²) < 4.78 is 23.0. The quantitative estimate of drug-likeness (QED) is 0.644. The zero-order chi connectivity index (χ0) is 18.9. The molecule has 3 N–H and O–H groups in total. The van der Waals surface area contributed by atoms with Crippen LogP contribution in [0.1, 0.15) is 24.8 Å².